The molecule has 0 aromatic heterocycles. The van der Waals surface area contributed by atoms with E-state index < -0.39 is 10.0 Å². The lowest BCUT2D eigenvalue weighted by molar-refractivity contribution is -0.0586. The number of nitrogens with zero attached hydrogens (tertiary/aromatic N) is 2. The average Bonchev–Trinajstić information content (AvgIpc) is 2.72. The van der Waals surface area contributed by atoms with Crippen molar-refractivity contribution in [3.63, 3.8) is 0 Å². The van der Waals surface area contributed by atoms with Gasteiger partial charge in [-0.05, 0) is 50.6 Å². The Labute approximate surface area is 178 Å². The van der Waals surface area contributed by atoms with Gasteiger partial charge in [0.2, 0.25) is 0 Å². The summed E-state index contributed by atoms with van der Waals surface area (Å²) in [4.78, 5) is 15.0. The van der Waals surface area contributed by atoms with Crippen molar-refractivity contribution in [1.82, 2.24) is 4.90 Å². The van der Waals surface area contributed by atoms with Gasteiger partial charge in [0.25, 0.3) is 15.9 Å². The summed E-state index contributed by atoms with van der Waals surface area (Å²) < 4.78 is 38.8. The zero-order chi connectivity index (χ0) is 22.1. The minimum Gasteiger partial charge on any atom is -0.495 e. The standard InChI is InChI=1S/C22H28N2O5S/c1-15-10-11-18(12-19(15)22(25)24-13-16(2)29-17(3)14-24)30(26,27)23(4)20-8-6-7-9-21(20)28-5/h6-12,16-17H,13-14H2,1-5H3. The van der Waals surface area contributed by atoms with Crippen molar-refractivity contribution in [2.24, 2.45) is 0 Å². The van der Waals surface area contributed by atoms with E-state index in [0.717, 1.165) is 5.56 Å². The zero-order valence-corrected chi connectivity index (χ0v) is 18.8. The summed E-state index contributed by atoms with van der Waals surface area (Å²) in [5, 5.41) is 0. The number of hydrogen-bond donors (Lipinski definition) is 0. The van der Waals surface area contributed by atoms with Crippen LogP contribution >= 0.6 is 0 Å². The minimum atomic E-state index is -3.89. The number of hydrogen-bond acceptors (Lipinski definition) is 5. The Balaban J connectivity index is 1.96. The lowest BCUT2D eigenvalue weighted by atomic mass is 10.1. The van der Waals surface area contributed by atoms with Crippen LogP contribution in [0, 0.1) is 6.92 Å². The highest BCUT2D eigenvalue weighted by atomic mass is 32.2. The van der Waals surface area contributed by atoms with Gasteiger partial charge in [0, 0.05) is 25.7 Å². The summed E-state index contributed by atoms with van der Waals surface area (Å²) >= 11 is 0. The van der Waals surface area contributed by atoms with Gasteiger partial charge in [-0.1, -0.05) is 18.2 Å². The van der Waals surface area contributed by atoms with Gasteiger partial charge in [-0.25, -0.2) is 8.42 Å². The molecule has 1 amide bonds. The average molecular weight is 433 g/mol. The number of rotatable bonds is 5. The monoisotopic (exact) mass is 432 g/mol. The number of aryl methyl sites for hydroxylation is 1. The van der Waals surface area contributed by atoms with Gasteiger partial charge >= 0.3 is 0 Å². The van der Waals surface area contributed by atoms with Gasteiger partial charge < -0.3 is 14.4 Å². The molecule has 3 rings (SSSR count). The lowest BCUT2D eigenvalue weighted by Crippen LogP contribution is -2.48. The first-order valence-electron chi connectivity index (χ1n) is 9.82. The SMILES string of the molecule is COc1ccccc1N(C)S(=O)(=O)c1ccc(C)c(C(=O)N2CC(C)OC(C)C2)c1. The molecule has 2 unspecified atom stereocenters. The van der Waals surface area contributed by atoms with Crippen LogP contribution in [0.15, 0.2) is 47.4 Å². The van der Waals surface area contributed by atoms with E-state index in [2.05, 4.69) is 0 Å². The maximum atomic E-state index is 13.3. The summed E-state index contributed by atoms with van der Waals surface area (Å²) in [6.07, 6.45) is -0.136. The maximum absolute atomic E-state index is 13.3. The van der Waals surface area contributed by atoms with Gasteiger partial charge in [0.15, 0.2) is 0 Å². The molecule has 0 N–H and O–H groups in total. The van der Waals surface area contributed by atoms with E-state index in [9.17, 15) is 13.2 Å². The second-order valence-electron chi connectivity index (χ2n) is 7.59. The van der Waals surface area contributed by atoms with Crippen molar-refractivity contribution < 1.29 is 22.7 Å². The Morgan fingerprint density at radius 3 is 2.40 bits per heavy atom. The number of amides is 1. The molecule has 162 valence electrons. The highest BCUT2D eigenvalue weighted by Crippen LogP contribution is 2.31. The summed E-state index contributed by atoms with van der Waals surface area (Å²) in [6.45, 7) is 6.60. The van der Waals surface area contributed by atoms with Crippen molar-refractivity contribution in [2.75, 3.05) is 31.6 Å². The zero-order valence-electron chi connectivity index (χ0n) is 18.0. The molecule has 0 aliphatic carbocycles. The number of methoxy groups -OCH3 is 1. The van der Waals surface area contributed by atoms with Crippen LogP contribution in [0.25, 0.3) is 0 Å². The summed E-state index contributed by atoms with van der Waals surface area (Å²) in [5.74, 6) is 0.259. The summed E-state index contributed by atoms with van der Waals surface area (Å²) in [6, 6.07) is 11.6. The van der Waals surface area contributed by atoms with Crippen LogP contribution in [0.2, 0.25) is 0 Å². The quantitative estimate of drug-likeness (QED) is 0.726. The van der Waals surface area contributed by atoms with Gasteiger partial charge in [0.1, 0.15) is 5.75 Å². The van der Waals surface area contributed by atoms with Crippen molar-refractivity contribution in [1.29, 1.82) is 0 Å². The van der Waals surface area contributed by atoms with E-state index in [0.29, 0.717) is 30.1 Å². The van der Waals surface area contributed by atoms with Crippen molar-refractivity contribution >= 4 is 21.6 Å². The van der Waals surface area contributed by atoms with Gasteiger partial charge in [-0.2, -0.15) is 0 Å². The highest BCUT2D eigenvalue weighted by Gasteiger charge is 2.29. The van der Waals surface area contributed by atoms with Crippen LogP contribution in [0.4, 0.5) is 5.69 Å². The van der Waals surface area contributed by atoms with E-state index in [1.807, 2.05) is 13.8 Å². The van der Waals surface area contributed by atoms with Gasteiger partial charge in [-0.3, -0.25) is 9.10 Å². The number of anilines is 1. The summed E-state index contributed by atoms with van der Waals surface area (Å²) in [7, 11) is -0.927. The molecule has 1 saturated heterocycles. The molecule has 30 heavy (non-hydrogen) atoms. The molecule has 0 saturated carbocycles. The second-order valence-corrected chi connectivity index (χ2v) is 9.56. The molecule has 0 radical (unpaired) electrons. The molecular formula is C22H28N2O5S. The number of morpholine rings is 1. The third-order valence-corrected chi connectivity index (χ3v) is 7.00. The van der Waals surface area contributed by atoms with E-state index >= 15 is 0 Å². The Morgan fingerprint density at radius 2 is 1.77 bits per heavy atom. The maximum Gasteiger partial charge on any atom is 0.264 e. The molecule has 0 bridgehead atoms. The number of para-hydroxylation sites is 2. The molecule has 1 aliphatic heterocycles. The number of ether oxygens (including phenoxy) is 2. The third kappa shape index (κ3) is 4.29. The number of carbonyl (C=O) groups is 1. The van der Waals surface area contributed by atoms with E-state index in [1.54, 1.807) is 42.2 Å². The smallest absolute Gasteiger partial charge is 0.264 e. The predicted molar refractivity (Wildman–Crippen MR) is 116 cm³/mol. The van der Waals surface area contributed by atoms with Crippen molar-refractivity contribution in [2.45, 2.75) is 37.9 Å². The van der Waals surface area contributed by atoms with E-state index in [-0.39, 0.29) is 23.0 Å². The van der Waals surface area contributed by atoms with Crippen LogP contribution in [0.5, 0.6) is 5.75 Å². The summed E-state index contributed by atoms with van der Waals surface area (Å²) in [5.41, 5.74) is 1.53. The minimum absolute atomic E-state index is 0.0548. The lowest BCUT2D eigenvalue weighted by Gasteiger charge is -2.35. The van der Waals surface area contributed by atoms with E-state index in [4.69, 9.17) is 9.47 Å². The number of carbonyl (C=O) groups excluding carboxylic acids is 1. The fraction of sp³-hybridized carbons (Fsp3) is 0.409. The normalized spacial score (nSPS) is 19.4. The first-order chi connectivity index (χ1) is 14.1. The molecule has 1 aliphatic rings. The molecule has 2 aromatic rings. The van der Waals surface area contributed by atoms with Crippen LogP contribution < -0.4 is 9.04 Å². The van der Waals surface area contributed by atoms with Gasteiger partial charge in [-0.15, -0.1) is 0 Å². The molecular weight excluding hydrogens is 404 g/mol. The van der Waals surface area contributed by atoms with Gasteiger partial charge in [0.05, 0.1) is 29.9 Å². The van der Waals surface area contributed by atoms with Crippen molar-refractivity contribution in [3.8, 4) is 5.75 Å². The van der Waals surface area contributed by atoms with Crippen molar-refractivity contribution in [3.05, 3.63) is 53.6 Å². The second kappa shape index (κ2) is 8.65. The fourth-order valence-corrected chi connectivity index (χ4v) is 4.92. The fourth-order valence-electron chi connectivity index (χ4n) is 3.68. The third-order valence-electron chi connectivity index (χ3n) is 5.23. The van der Waals surface area contributed by atoms with E-state index in [1.165, 1.54) is 30.6 Å². The van der Waals surface area contributed by atoms with Crippen LogP contribution in [0.3, 0.4) is 0 Å². The Hall–Kier alpha value is -2.58. The molecule has 2 atom stereocenters. The van der Waals surface area contributed by atoms with Crippen LogP contribution in [-0.4, -0.2) is 58.7 Å². The first-order valence-corrected chi connectivity index (χ1v) is 11.3. The molecule has 7 nitrogen and oxygen atoms in total. The predicted octanol–water partition coefficient (Wildman–Crippen LogP) is 3.08. The molecule has 0 spiro atoms. The Kier molecular flexibility index (Phi) is 6.38. The molecule has 2 aromatic carbocycles. The number of benzene rings is 2. The largest absolute Gasteiger partial charge is 0.495 e. The first kappa shape index (κ1) is 22.1. The Morgan fingerprint density at radius 1 is 1.13 bits per heavy atom. The van der Waals surface area contributed by atoms with Crippen LogP contribution in [0.1, 0.15) is 29.8 Å². The highest BCUT2D eigenvalue weighted by molar-refractivity contribution is 7.92. The molecule has 8 heteroatoms. The Bertz CT molecular complexity index is 1030. The molecule has 1 heterocycles. The number of sulfonamides is 1. The topological polar surface area (TPSA) is 76.2 Å². The molecule has 1 fully saturated rings. The van der Waals surface area contributed by atoms with Crippen LogP contribution in [-0.2, 0) is 14.8 Å².